The molecule has 72 heavy (non-hydrogen) atoms. The van der Waals surface area contributed by atoms with Crippen LogP contribution in [0.1, 0.15) is 50.9 Å². The van der Waals surface area contributed by atoms with E-state index in [1.165, 1.54) is 0 Å². The van der Waals surface area contributed by atoms with Crippen LogP contribution in [0.25, 0.3) is 0 Å². The molecule has 346 valence electrons. The van der Waals surface area contributed by atoms with Crippen LogP contribution in [0.2, 0.25) is 0 Å². The summed E-state index contributed by atoms with van der Waals surface area (Å²) in [4.78, 5) is 35.7. The zero-order valence-corrected chi connectivity index (χ0v) is 41.6. The van der Waals surface area contributed by atoms with Gasteiger partial charge in [-0.25, -0.2) is 0 Å². The highest BCUT2D eigenvalue weighted by Gasteiger charge is 2.63. The topological polar surface area (TPSA) is 34.1 Å². The Hall–Kier alpha value is -7.73. The highest BCUT2D eigenvalue weighted by atomic mass is 31.2. The molecule has 0 aliphatic heterocycles. The molecule has 10 aromatic rings. The van der Waals surface area contributed by atoms with Crippen LogP contribution in [0.4, 0.5) is 0 Å². The van der Waals surface area contributed by atoms with Gasteiger partial charge in [-0.2, -0.15) is 0 Å². The first-order valence-corrected chi connectivity index (χ1v) is 28.6. The molecule has 0 saturated heterocycles. The van der Waals surface area contributed by atoms with Crippen molar-refractivity contribution in [2.75, 3.05) is 0 Å². The summed E-state index contributed by atoms with van der Waals surface area (Å²) >= 11 is 0. The molecule has 0 unspecified atom stereocenters. The van der Waals surface area contributed by atoms with Gasteiger partial charge in [0.2, 0.25) is 0 Å². The molecule has 13 rings (SSSR count). The number of benzene rings is 10. The smallest absolute Gasteiger partial charge is 0.183 e. The Labute approximate surface area is 424 Å². The Kier molecular flexibility index (Phi) is 12.3. The minimum atomic E-state index is -3.05. The van der Waals surface area contributed by atoms with Gasteiger partial charge < -0.3 is 0 Å². The Balaban J connectivity index is 1.23. The quantitative estimate of drug-likeness (QED) is 0.108. The number of fused-ring (bicyclic) bond motifs is 1. The lowest BCUT2D eigenvalue weighted by Gasteiger charge is -2.51. The second-order valence-electron chi connectivity index (χ2n) is 19.0. The lowest BCUT2D eigenvalue weighted by molar-refractivity contribution is -0.131. The predicted molar refractivity (Wildman–Crippen MR) is 304 cm³/mol. The standard InChI is InChI=1S/C68H53O2P2/c69-65(67(49-29-9-1-10-30-49)71(51-33-13-3-14-34-51,52-35-15-4-16-36-52)53-37-17-5-18-38-53)63-61-57-45-25-27-47-59(57)62(60-48-28-26-46-58(60)61)64(63)66(70)68(50-31-11-2-12-32-50)72(54-39-19-6-20-40-54,55-41-21-7-22-42-55)56-43-23-8-24-44-56/h1-48,61-64,67H/q+1/t61?,62?,63-,64-,67-/m0/s1. The van der Waals surface area contributed by atoms with E-state index in [1.54, 1.807) is 0 Å². The molecule has 0 spiro atoms. The fraction of sp³-hybridized carbons (Fsp3) is 0.0735. The average Bonchev–Trinajstić information content (AvgIpc) is 3.47. The van der Waals surface area contributed by atoms with Gasteiger partial charge in [-0.15, -0.1) is 0 Å². The van der Waals surface area contributed by atoms with E-state index in [9.17, 15) is 0 Å². The molecule has 0 radical (unpaired) electrons. The maximum absolute atomic E-state index is 17.9. The Morgan fingerprint density at radius 1 is 0.333 bits per heavy atom. The van der Waals surface area contributed by atoms with Crippen LogP contribution in [-0.4, -0.2) is 16.9 Å². The summed E-state index contributed by atoms with van der Waals surface area (Å²) in [5, 5.41) is 7.38. The molecule has 3 aliphatic rings. The molecule has 0 amide bonds. The van der Waals surface area contributed by atoms with Crippen molar-refractivity contribution < 1.29 is 9.59 Å². The van der Waals surface area contributed by atoms with Crippen molar-refractivity contribution in [2.24, 2.45) is 11.8 Å². The summed E-state index contributed by atoms with van der Waals surface area (Å²) in [6.45, 7) is -3.05. The van der Waals surface area contributed by atoms with Crippen LogP contribution in [0.5, 0.6) is 0 Å². The van der Waals surface area contributed by atoms with Gasteiger partial charge in [-0.1, -0.05) is 255 Å². The van der Waals surface area contributed by atoms with Gasteiger partial charge in [-0.3, -0.25) is 9.59 Å². The van der Waals surface area contributed by atoms with Gasteiger partial charge in [0, 0.05) is 34.5 Å². The number of hydrogen-bond donors (Lipinski definition) is 0. The first-order chi connectivity index (χ1) is 35.6. The summed E-state index contributed by atoms with van der Waals surface area (Å²) in [6.07, 6.45) is 0. The fourth-order valence-corrected chi connectivity index (χ4v) is 22.1. The molecule has 0 aromatic heterocycles. The molecule has 0 heterocycles. The largest absolute Gasteiger partial charge is 0.294 e. The van der Waals surface area contributed by atoms with Crippen LogP contribution in [-0.2, 0) is 9.59 Å². The molecule has 3 aliphatic carbocycles. The van der Waals surface area contributed by atoms with E-state index < -0.39 is 43.5 Å². The van der Waals surface area contributed by atoms with E-state index in [0.717, 1.165) is 70.5 Å². The molecule has 2 nitrogen and oxygen atoms in total. The molecule has 0 fully saturated rings. The zero-order valence-electron chi connectivity index (χ0n) is 39.8. The second-order valence-corrected chi connectivity index (χ2v) is 25.8. The Morgan fingerprint density at radius 3 is 0.986 bits per heavy atom. The van der Waals surface area contributed by atoms with Crippen LogP contribution in [0, 0.1) is 11.8 Å². The van der Waals surface area contributed by atoms with Gasteiger partial charge in [0.25, 0.3) is 0 Å². The summed E-state index contributed by atoms with van der Waals surface area (Å²) in [7, 11) is -2.97. The SMILES string of the molecule is O=C(C(c1ccccc1)=P(c1ccccc1)(c1ccccc1)c1ccccc1)[C@H]1C2c3ccccc3C(c3ccccc32)[C@@H]1C(=O)[C@H](c1ccccc1)[P+](c1ccccc1)(c1ccccc1)c1ccccc1. The van der Waals surface area contributed by atoms with Crippen LogP contribution >= 0.6 is 14.1 Å². The third-order valence-corrected chi connectivity index (χ3v) is 24.4. The Bertz CT molecular complexity index is 3320. The second kappa shape index (κ2) is 19.5. The predicted octanol–water partition coefficient (Wildman–Crippen LogP) is 12.6. The number of hydrogen-bond acceptors (Lipinski definition) is 2. The van der Waals surface area contributed by atoms with Crippen molar-refractivity contribution >= 4 is 62.8 Å². The summed E-state index contributed by atoms with van der Waals surface area (Å²) in [5.74, 6) is -2.20. The molecule has 0 saturated carbocycles. The fourth-order valence-electron chi connectivity index (χ4n) is 12.7. The van der Waals surface area contributed by atoms with Crippen molar-refractivity contribution in [3.05, 3.63) is 325 Å². The summed E-state index contributed by atoms with van der Waals surface area (Å²) in [5.41, 5.74) is 5.69. The highest BCUT2D eigenvalue weighted by molar-refractivity contribution is 7.97. The minimum Gasteiger partial charge on any atom is -0.294 e. The number of carbonyl (C=O) groups excluding carboxylic acids is 2. The van der Waals surface area contributed by atoms with E-state index in [-0.39, 0.29) is 11.6 Å². The van der Waals surface area contributed by atoms with Crippen molar-refractivity contribution in [1.29, 1.82) is 0 Å². The highest BCUT2D eigenvalue weighted by Crippen LogP contribution is 2.70. The molecule has 4 heteroatoms. The van der Waals surface area contributed by atoms with Gasteiger partial charge in [0.15, 0.2) is 17.2 Å². The van der Waals surface area contributed by atoms with E-state index in [4.69, 9.17) is 0 Å². The Morgan fingerprint density at radius 2 is 0.625 bits per heavy atom. The lowest BCUT2D eigenvalue weighted by atomic mass is 9.52. The number of ketones is 2. The third-order valence-electron chi connectivity index (χ3n) is 15.4. The van der Waals surface area contributed by atoms with Crippen molar-refractivity contribution in [1.82, 2.24) is 0 Å². The maximum Gasteiger partial charge on any atom is 0.183 e. The zero-order chi connectivity index (χ0) is 48.5. The van der Waals surface area contributed by atoms with E-state index in [0.29, 0.717) is 0 Å². The maximum atomic E-state index is 17.9. The molecule has 10 aromatic carbocycles. The first-order valence-electron chi connectivity index (χ1n) is 25.0. The number of rotatable bonds is 13. The first kappa shape index (κ1) is 45.4. The summed E-state index contributed by atoms with van der Waals surface area (Å²) < 4.78 is 0. The van der Waals surface area contributed by atoms with Crippen LogP contribution in [0.3, 0.4) is 0 Å². The van der Waals surface area contributed by atoms with E-state index in [2.05, 4.69) is 279 Å². The van der Waals surface area contributed by atoms with Gasteiger partial charge in [0.05, 0.1) is 0 Å². The van der Waals surface area contributed by atoms with E-state index >= 15 is 9.59 Å². The summed E-state index contributed by atoms with van der Waals surface area (Å²) in [6, 6.07) is 103. The average molecular weight is 964 g/mol. The third kappa shape index (κ3) is 7.36. The normalized spacial score (nSPS) is 17.2. The molecular formula is C68H53O2P2+. The van der Waals surface area contributed by atoms with Gasteiger partial charge >= 0.3 is 0 Å². The van der Waals surface area contributed by atoms with Crippen molar-refractivity contribution in [2.45, 2.75) is 17.5 Å². The van der Waals surface area contributed by atoms with Crippen molar-refractivity contribution in [3.8, 4) is 0 Å². The number of Topliss-reactive ketones (excluding diaryl/α,β-unsaturated/α-hetero) is 2. The van der Waals surface area contributed by atoms with Crippen molar-refractivity contribution in [3.63, 3.8) is 0 Å². The molecule has 0 N–H and O–H groups in total. The molecular weight excluding hydrogens is 911 g/mol. The van der Waals surface area contributed by atoms with Crippen LogP contribution in [0.15, 0.2) is 291 Å². The minimum absolute atomic E-state index is 0.0262. The monoisotopic (exact) mass is 963 g/mol. The van der Waals surface area contributed by atoms with Gasteiger partial charge in [0.1, 0.15) is 23.2 Å². The lowest BCUT2D eigenvalue weighted by Crippen LogP contribution is -2.52. The molecule has 3 atom stereocenters. The van der Waals surface area contributed by atoms with Gasteiger partial charge in [-0.05, 0) is 87.0 Å². The number of carbonyl (C=O) groups is 2. The van der Waals surface area contributed by atoms with Crippen LogP contribution < -0.4 is 31.8 Å². The molecule has 2 bridgehead atoms. The van der Waals surface area contributed by atoms with E-state index in [1.807, 2.05) is 12.1 Å².